The summed E-state index contributed by atoms with van der Waals surface area (Å²) in [6.45, 7) is -0.446. The van der Waals surface area contributed by atoms with Crippen LogP contribution in [0, 0.1) is 0 Å². The lowest BCUT2D eigenvalue weighted by molar-refractivity contribution is -0.133. The molecule has 0 atom stereocenters. The van der Waals surface area contributed by atoms with Gasteiger partial charge in [-0.15, -0.1) is 11.8 Å². The van der Waals surface area contributed by atoms with E-state index in [1.807, 2.05) is 0 Å². The molecule has 8 heavy (non-hydrogen) atoms. The third kappa shape index (κ3) is 5.75. The van der Waals surface area contributed by atoms with Crippen molar-refractivity contribution in [3.8, 4) is 0 Å². The Balaban J connectivity index is 2.82. The number of hydrogen-bond acceptors (Lipinski definition) is 2. The molecule has 0 aromatic rings. The van der Waals surface area contributed by atoms with Gasteiger partial charge in [0.1, 0.15) is 0 Å². The Morgan fingerprint density at radius 3 is 2.75 bits per heavy atom. The first-order valence-corrected chi connectivity index (χ1v) is 3.28. The lowest BCUT2D eigenvalue weighted by atomic mass is 10.8. The molecule has 0 bridgehead atoms. The summed E-state index contributed by atoms with van der Waals surface area (Å²) in [7, 11) is 0. The van der Waals surface area contributed by atoms with E-state index >= 15 is 0 Å². The van der Waals surface area contributed by atoms with Crippen LogP contribution in [0.4, 0.5) is 4.39 Å². The van der Waals surface area contributed by atoms with E-state index in [0.29, 0.717) is 0 Å². The lowest BCUT2D eigenvalue weighted by Crippen LogP contribution is -1.98. The molecule has 0 spiro atoms. The summed E-state index contributed by atoms with van der Waals surface area (Å²) < 4.78 is 11.2. The molecule has 0 aliphatic rings. The number of rotatable bonds is 4. The van der Waals surface area contributed by atoms with Gasteiger partial charge in [0.2, 0.25) is 0 Å². The van der Waals surface area contributed by atoms with E-state index in [-0.39, 0.29) is 11.5 Å². The molecule has 0 rings (SSSR count). The molecule has 0 fully saturated rings. The van der Waals surface area contributed by atoms with Crippen molar-refractivity contribution in [3.05, 3.63) is 0 Å². The van der Waals surface area contributed by atoms with Crippen LogP contribution in [0.15, 0.2) is 0 Å². The highest BCUT2D eigenvalue weighted by Gasteiger charge is 1.93. The van der Waals surface area contributed by atoms with Crippen molar-refractivity contribution in [3.63, 3.8) is 0 Å². The fraction of sp³-hybridized carbons (Fsp3) is 0.750. The smallest absolute Gasteiger partial charge is 0.313 e. The minimum atomic E-state index is -0.886. The number of carboxylic acids is 1. The number of halogens is 1. The molecule has 0 aliphatic carbocycles. The minimum Gasteiger partial charge on any atom is -0.481 e. The Kier molecular flexibility index (Phi) is 4.75. The first-order valence-electron chi connectivity index (χ1n) is 2.13. The highest BCUT2D eigenvalue weighted by molar-refractivity contribution is 7.99. The number of aliphatic carboxylic acids is 1. The topological polar surface area (TPSA) is 37.3 Å². The Bertz CT molecular complexity index is 76.4. The van der Waals surface area contributed by atoms with Gasteiger partial charge in [0, 0.05) is 5.75 Å². The molecule has 0 aromatic carbocycles. The van der Waals surface area contributed by atoms with E-state index < -0.39 is 12.6 Å². The summed E-state index contributed by atoms with van der Waals surface area (Å²) in [6, 6.07) is 0. The fourth-order valence-corrected chi connectivity index (χ4v) is 0.642. The second-order valence-electron chi connectivity index (χ2n) is 1.14. The van der Waals surface area contributed by atoms with E-state index in [1.54, 1.807) is 0 Å². The predicted octanol–water partition coefficient (Wildman–Crippen LogP) is 0.774. The van der Waals surface area contributed by atoms with E-state index in [2.05, 4.69) is 0 Å². The van der Waals surface area contributed by atoms with Gasteiger partial charge in [0.05, 0.1) is 12.4 Å². The monoisotopic (exact) mass is 138 g/mol. The average molecular weight is 138 g/mol. The summed E-state index contributed by atoms with van der Waals surface area (Å²) in [5.74, 6) is -0.598. The average Bonchev–Trinajstić information content (AvgIpc) is 1.66. The third-order valence-corrected chi connectivity index (χ3v) is 1.34. The summed E-state index contributed by atoms with van der Waals surface area (Å²) in [6.07, 6.45) is 0. The van der Waals surface area contributed by atoms with Crippen LogP contribution in [-0.2, 0) is 4.79 Å². The molecule has 0 amide bonds. The van der Waals surface area contributed by atoms with Gasteiger partial charge in [-0.3, -0.25) is 9.18 Å². The maximum absolute atomic E-state index is 11.2. The van der Waals surface area contributed by atoms with Crippen molar-refractivity contribution < 1.29 is 14.3 Å². The SMILES string of the molecule is O=C(O)CSCCF. The Morgan fingerprint density at radius 1 is 1.75 bits per heavy atom. The first-order chi connectivity index (χ1) is 3.77. The molecule has 0 saturated carbocycles. The molecular formula is C4H7FO2S. The van der Waals surface area contributed by atoms with Gasteiger partial charge in [-0.25, -0.2) is 0 Å². The molecule has 48 valence electrons. The molecule has 4 heteroatoms. The summed E-state index contributed by atoms with van der Waals surface area (Å²) in [5, 5.41) is 8.00. The van der Waals surface area contributed by atoms with Gasteiger partial charge < -0.3 is 5.11 Å². The molecule has 0 unspecified atom stereocenters. The van der Waals surface area contributed by atoms with Crippen molar-refractivity contribution in [1.29, 1.82) is 0 Å². The quantitative estimate of drug-likeness (QED) is 0.583. The molecule has 0 aromatic heterocycles. The van der Waals surface area contributed by atoms with Crippen molar-refractivity contribution in [1.82, 2.24) is 0 Å². The maximum atomic E-state index is 11.2. The summed E-state index contributed by atoms with van der Waals surface area (Å²) in [5.41, 5.74) is 0. The van der Waals surface area contributed by atoms with Crippen molar-refractivity contribution >= 4 is 17.7 Å². The standard InChI is InChI=1S/C4H7FO2S/c5-1-2-8-3-4(6)7/h1-3H2,(H,6,7). The molecule has 2 nitrogen and oxygen atoms in total. The molecule has 0 saturated heterocycles. The first kappa shape index (κ1) is 7.75. The fourth-order valence-electron chi connectivity index (χ4n) is 0.214. The van der Waals surface area contributed by atoms with Crippen LogP contribution in [0.2, 0.25) is 0 Å². The van der Waals surface area contributed by atoms with Gasteiger partial charge in [-0.2, -0.15) is 0 Å². The van der Waals surface area contributed by atoms with Gasteiger partial charge in [0.25, 0.3) is 0 Å². The third-order valence-electron chi connectivity index (χ3n) is 0.447. The zero-order chi connectivity index (χ0) is 6.41. The van der Waals surface area contributed by atoms with Crippen LogP contribution >= 0.6 is 11.8 Å². The van der Waals surface area contributed by atoms with Gasteiger partial charge in [-0.1, -0.05) is 0 Å². The summed E-state index contributed by atoms with van der Waals surface area (Å²) in [4.78, 5) is 9.73. The normalized spacial score (nSPS) is 9.12. The second kappa shape index (κ2) is 4.90. The van der Waals surface area contributed by atoms with Crippen LogP contribution < -0.4 is 0 Å². The van der Waals surface area contributed by atoms with Gasteiger partial charge in [0.15, 0.2) is 0 Å². The molecule has 0 radical (unpaired) electrons. The molecule has 1 N–H and O–H groups in total. The maximum Gasteiger partial charge on any atom is 0.313 e. The van der Waals surface area contributed by atoms with E-state index in [0.717, 1.165) is 11.8 Å². The number of carbonyl (C=O) groups is 1. The van der Waals surface area contributed by atoms with Crippen LogP contribution in [0.1, 0.15) is 0 Å². The lowest BCUT2D eigenvalue weighted by Gasteiger charge is -1.88. The van der Waals surface area contributed by atoms with Gasteiger partial charge in [-0.05, 0) is 0 Å². The second-order valence-corrected chi connectivity index (χ2v) is 2.24. The summed E-state index contributed by atoms with van der Waals surface area (Å²) >= 11 is 1.09. The van der Waals surface area contributed by atoms with E-state index in [4.69, 9.17) is 5.11 Å². The minimum absolute atomic E-state index is 0.00389. The largest absolute Gasteiger partial charge is 0.481 e. The number of thioether (sulfide) groups is 1. The van der Waals surface area contributed by atoms with E-state index in [1.165, 1.54) is 0 Å². The Labute approximate surface area is 51.1 Å². The van der Waals surface area contributed by atoms with E-state index in [9.17, 15) is 9.18 Å². The van der Waals surface area contributed by atoms with Crippen LogP contribution in [0.25, 0.3) is 0 Å². The Morgan fingerprint density at radius 2 is 2.38 bits per heavy atom. The van der Waals surface area contributed by atoms with Crippen molar-refractivity contribution in [2.75, 3.05) is 18.2 Å². The zero-order valence-corrected chi connectivity index (χ0v) is 5.08. The number of carboxylic acid groups (broad SMARTS) is 1. The molecule has 0 aliphatic heterocycles. The number of alkyl halides is 1. The predicted molar refractivity (Wildman–Crippen MR) is 30.9 cm³/mol. The van der Waals surface area contributed by atoms with Crippen LogP contribution in [0.3, 0.4) is 0 Å². The zero-order valence-electron chi connectivity index (χ0n) is 4.26. The highest BCUT2D eigenvalue weighted by atomic mass is 32.2. The van der Waals surface area contributed by atoms with Crippen LogP contribution in [0.5, 0.6) is 0 Å². The Hall–Kier alpha value is -0.250. The highest BCUT2D eigenvalue weighted by Crippen LogP contribution is 1.97. The van der Waals surface area contributed by atoms with Crippen molar-refractivity contribution in [2.45, 2.75) is 0 Å². The van der Waals surface area contributed by atoms with Gasteiger partial charge >= 0.3 is 5.97 Å². The van der Waals surface area contributed by atoms with Crippen molar-refractivity contribution in [2.24, 2.45) is 0 Å². The van der Waals surface area contributed by atoms with Crippen LogP contribution in [-0.4, -0.2) is 29.3 Å². The number of hydrogen-bond donors (Lipinski definition) is 1. The molecule has 0 heterocycles. The molecular weight excluding hydrogens is 131 g/mol.